The average molecular weight is 471 g/mol. The fraction of sp³-hybridized carbons (Fsp3) is 0.259. The molecular weight excluding hydrogens is 444 g/mol. The summed E-state index contributed by atoms with van der Waals surface area (Å²) in [7, 11) is 1.58. The molecule has 8 heteroatoms. The number of ether oxygens (including phenoxy) is 1. The van der Waals surface area contributed by atoms with Gasteiger partial charge < -0.3 is 9.84 Å². The number of amides is 1. The molecule has 0 saturated heterocycles. The summed E-state index contributed by atoms with van der Waals surface area (Å²) in [4.78, 5) is 28.9. The molecule has 0 bridgehead atoms. The largest absolute Gasteiger partial charge is 0.481 e. The number of hydrogen-bond acceptors (Lipinski definition) is 4. The molecule has 178 valence electrons. The molecule has 1 aliphatic carbocycles. The van der Waals surface area contributed by atoms with Gasteiger partial charge in [0.1, 0.15) is 6.61 Å². The molecule has 0 saturated carbocycles. The van der Waals surface area contributed by atoms with E-state index in [0.717, 1.165) is 22.3 Å². The Morgan fingerprint density at radius 2 is 1.57 bits per heavy atom. The predicted molar refractivity (Wildman–Crippen MR) is 134 cm³/mol. The van der Waals surface area contributed by atoms with E-state index in [4.69, 9.17) is 10.3 Å². The maximum absolute atomic E-state index is 13.2. The lowest BCUT2D eigenvalue weighted by atomic mass is 9.92. The molecule has 3 aromatic rings. The van der Waals surface area contributed by atoms with Crippen molar-refractivity contribution in [3.8, 4) is 11.1 Å². The summed E-state index contributed by atoms with van der Waals surface area (Å²) in [5.74, 6) is -1.09. The number of anilines is 1. The highest BCUT2D eigenvalue weighted by Crippen LogP contribution is 2.45. The van der Waals surface area contributed by atoms with Crippen LogP contribution in [-0.4, -0.2) is 30.8 Å². The van der Waals surface area contributed by atoms with Crippen LogP contribution in [0.3, 0.4) is 0 Å². The number of carboxylic acid groups (broad SMARTS) is 1. The van der Waals surface area contributed by atoms with Gasteiger partial charge in [-0.3, -0.25) is 9.69 Å². The summed E-state index contributed by atoms with van der Waals surface area (Å²) >= 11 is 0. The number of azide groups is 1. The Hall–Kier alpha value is -4.29. The molecule has 0 unspecified atom stereocenters. The first-order valence-electron chi connectivity index (χ1n) is 11.2. The Labute approximate surface area is 203 Å². The van der Waals surface area contributed by atoms with Crippen LogP contribution in [0.25, 0.3) is 21.6 Å². The number of fused-ring (bicyclic) bond motifs is 3. The zero-order chi connectivity index (χ0) is 25.3. The SMILES string of the molecule is Cc1c(CC(=O)O)c(C)c(N(C)C(=O)OCC2c3ccccc3-c3ccccc32)c(C)c1N=[N+]=[N-]. The van der Waals surface area contributed by atoms with Crippen LogP contribution >= 0.6 is 0 Å². The molecule has 1 aliphatic rings. The first-order chi connectivity index (χ1) is 16.8. The molecule has 3 aromatic carbocycles. The van der Waals surface area contributed by atoms with Gasteiger partial charge in [0.05, 0.1) is 12.1 Å². The van der Waals surface area contributed by atoms with Gasteiger partial charge in [0, 0.05) is 23.6 Å². The number of nitrogens with zero attached hydrogens (tertiary/aromatic N) is 4. The van der Waals surface area contributed by atoms with Crippen LogP contribution in [0.1, 0.15) is 39.3 Å². The van der Waals surface area contributed by atoms with Gasteiger partial charge in [0.15, 0.2) is 0 Å². The van der Waals surface area contributed by atoms with E-state index >= 15 is 0 Å². The number of rotatable bonds is 6. The van der Waals surface area contributed by atoms with E-state index < -0.39 is 12.1 Å². The van der Waals surface area contributed by atoms with Crippen molar-refractivity contribution in [3.05, 3.63) is 92.4 Å². The zero-order valence-electron chi connectivity index (χ0n) is 20.1. The highest BCUT2D eigenvalue weighted by Gasteiger charge is 2.30. The molecule has 0 heterocycles. The quantitative estimate of drug-likeness (QED) is 0.249. The lowest BCUT2D eigenvalue weighted by Crippen LogP contribution is -2.30. The maximum Gasteiger partial charge on any atom is 0.414 e. The molecule has 8 nitrogen and oxygen atoms in total. The smallest absolute Gasteiger partial charge is 0.414 e. The number of aliphatic carboxylic acids is 1. The fourth-order valence-electron chi connectivity index (χ4n) is 5.14. The molecule has 0 radical (unpaired) electrons. The van der Waals surface area contributed by atoms with E-state index in [1.54, 1.807) is 27.8 Å². The lowest BCUT2D eigenvalue weighted by Gasteiger charge is -2.26. The van der Waals surface area contributed by atoms with Gasteiger partial charge in [-0.1, -0.05) is 53.6 Å². The van der Waals surface area contributed by atoms with Crippen LogP contribution in [0, 0.1) is 20.8 Å². The van der Waals surface area contributed by atoms with Crippen LogP contribution in [-0.2, 0) is 16.0 Å². The second-order valence-electron chi connectivity index (χ2n) is 8.67. The Kier molecular flexibility index (Phi) is 6.49. The molecule has 0 spiro atoms. The molecule has 0 aliphatic heterocycles. The van der Waals surface area contributed by atoms with Crippen molar-refractivity contribution < 1.29 is 19.4 Å². The summed E-state index contributed by atoms with van der Waals surface area (Å²) < 4.78 is 5.78. The van der Waals surface area contributed by atoms with Crippen LogP contribution in [0.15, 0.2) is 53.6 Å². The van der Waals surface area contributed by atoms with E-state index in [1.165, 1.54) is 4.90 Å². The Morgan fingerprint density at radius 3 is 2.11 bits per heavy atom. The highest BCUT2D eigenvalue weighted by atomic mass is 16.6. The molecule has 0 atom stereocenters. The minimum Gasteiger partial charge on any atom is -0.481 e. The van der Waals surface area contributed by atoms with Crippen LogP contribution in [0.4, 0.5) is 16.2 Å². The minimum atomic E-state index is -1.01. The summed E-state index contributed by atoms with van der Waals surface area (Å²) in [6.45, 7) is 5.39. The average Bonchev–Trinajstić information content (AvgIpc) is 3.16. The van der Waals surface area contributed by atoms with Gasteiger partial charge in [0.25, 0.3) is 0 Å². The van der Waals surface area contributed by atoms with E-state index in [-0.39, 0.29) is 18.9 Å². The lowest BCUT2D eigenvalue weighted by molar-refractivity contribution is -0.136. The molecule has 4 rings (SSSR count). The second kappa shape index (κ2) is 9.52. The number of carbonyl (C=O) groups excluding carboxylic acids is 1. The molecule has 1 amide bonds. The van der Waals surface area contributed by atoms with Crippen molar-refractivity contribution in [2.24, 2.45) is 5.11 Å². The number of benzene rings is 3. The maximum atomic E-state index is 13.2. The van der Waals surface area contributed by atoms with Crippen molar-refractivity contribution in [2.75, 3.05) is 18.6 Å². The second-order valence-corrected chi connectivity index (χ2v) is 8.67. The Balaban J connectivity index is 1.65. The summed E-state index contributed by atoms with van der Waals surface area (Å²) in [6.07, 6.45) is -0.827. The van der Waals surface area contributed by atoms with Crippen molar-refractivity contribution in [1.82, 2.24) is 0 Å². The first-order valence-corrected chi connectivity index (χ1v) is 11.2. The van der Waals surface area contributed by atoms with Gasteiger partial charge in [-0.05, 0) is 70.8 Å². The van der Waals surface area contributed by atoms with Crippen LogP contribution in [0.2, 0.25) is 0 Å². The third-order valence-electron chi connectivity index (χ3n) is 6.74. The van der Waals surface area contributed by atoms with E-state index in [9.17, 15) is 14.7 Å². The Morgan fingerprint density at radius 1 is 1.00 bits per heavy atom. The van der Waals surface area contributed by atoms with E-state index in [2.05, 4.69) is 34.3 Å². The summed E-state index contributed by atoms with van der Waals surface area (Å²) in [5, 5.41) is 13.2. The zero-order valence-corrected chi connectivity index (χ0v) is 20.1. The minimum absolute atomic E-state index is 0.0821. The topological polar surface area (TPSA) is 116 Å². The van der Waals surface area contributed by atoms with Crippen molar-refractivity contribution >= 4 is 23.4 Å². The molecule has 0 fully saturated rings. The van der Waals surface area contributed by atoms with Gasteiger partial charge in [-0.2, -0.15) is 0 Å². The third-order valence-corrected chi connectivity index (χ3v) is 6.74. The van der Waals surface area contributed by atoms with Crippen molar-refractivity contribution in [2.45, 2.75) is 33.1 Å². The number of hydrogen-bond donors (Lipinski definition) is 1. The highest BCUT2D eigenvalue weighted by molar-refractivity contribution is 5.92. The van der Waals surface area contributed by atoms with Gasteiger partial charge in [0.2, 0.25) is 0 Å². The monoisotopic (exact) mass is 470 g/mol. The van der Waals surface area contributed by atoms with Gasteiger partial charge in [-0.15, -0.1) is 0 Å². The fourth-order valence-corrected chi connectivity index (χ4v) is 5.14. The van der Waals surface area contributed by atoms with Gasteiger partial charge in [-0.25, -0.2) is 4.79 Å². The summed E-state index contributed by atoms with van der Waals surface area (Å²) in [5.41, 5.74) is 16.7. The van der Waals surface area contributed by atoms with Crippen molar-refractivity contribution in [3.63, 3.8) is 0 Å². The van der Waals surface area contributed by atoms with E-state index in [1.807, 2.05) is 24.3 Å². The standard InChI is InChI=1S/C27H26N4O4/c1-15-22(13-24(32)33)16(2)26(17(3)25(15)29-30-28)31(4)27(34)35-14-23-20-11-7-5-9-18(20)19-10-6-8-12-21(19)23/h5-12,23H,13-14H2,1-4H3,(H,32,33). The summed E-state index contributed by atoms with van der Waals surface area (Å²) in [6, 6.07) is 16.2. The normalized spacial score (nSPS) is 11.9. The Bertz CT molecular complexity index is 1350. The molecule has 1 N–H and O–H groups in total. The molecule has 35 heavy (non-hydrogen) atoms. The van der Waals surface area contributed by atoms with E-state index in [0.29, 0.717) is 33.6 Å². The van der Waals surface area contributed by atoms with Crippen molar-refractivity contribution in [1.29, 1.82) is 0 Å². The number of carbonyl (C=O) groups is 2. The predicted octanol–water partition coefficient (Wildman–Crippen LogP) is 6.57. The molecule has 0 aromatic heterocycles. The van der Waals surface area contributed by atoms with Gasteiger partial charge >= 0.3 is 12.1 Å². The molecular formula is C27H26N4O4. The number of carboxylic acids is 1. The third kappa shape index (κ3) is 4.20. The first kappa shape index (κ1) is 23.9. The van der Waals surface area contributed by atoms with Crippen LogP contribution < -0.4 is 4.90 Å². The van der Waals surface area contributed by atoms with Crippen LogP contribution in [0.5, 0.6) is 0 Å².